The Kier molecular flexibility index (Phi) is 4.68. The highest BCUT2D eigenvalue weighted by atomic mass is 16.5. The summed E-state index contributed by atoms with van der Waals surface area (Å²) in [5.41, 5.74) is 8.86. The van der Waals surface area contributed by atoms with E-state index in [2.05, 4.69) is 72.7 Å². The van der Waals surface area contributed by atoms with Crippen LogP contribution in [0.5, 0.6) is 5.75 Å². The molecule has 4 bridgehead atoms. The Balaban J connectivity index is 1.83. The number of ether oxygens (including phenoxy) is 1. The standard InChI is InChI=1S/C27H34O2/c1-16-17-8-21(26(2,3)4)9-18(16)14-24-15-20-11-22(27(5,6)7)10-19(25(20)29-24)13-23(28)12-17/h8-11,24H,12-15H2,1-7H3. The van der Waals surface area contributed by atoms with E-state index in [0.717, 1.165) is 24.2 Å². The molecule has 0 spiro atoms. The molecule has 2 aliphatic rings. The molecule has 0 aliphatic carbocycles. The van der Waals surface area contributed by atoms with Crippen LogP contribution in [0.4, 0.5) is 0 Å². The molecule has 2 aliphatic heterocycles. The van der Waals surface area contributed by atoms with E-state index < -0.39 is 0 Å². The summed E-state index contributed by atoms with van der Waals surface area (Å²) in [6, 6.07) is 9.11. The molecule has 154 valence electrons. The SMILES string of the molecule is Cc1c2cc(C(C)(C)C)cc1CC1Cc3cc(C(C)(C)C)cc(c3O1)CC(=O)C2. The summed E-state index contributed by atoms with van der Waals surface area (Å²) in [5.74, 6) is 1.24. The zero-order valence-corrected chi connectivity index (χ0v) is 19.0. The van der Waals surface area contributed by atoms with Crippen LogP contribution in [0.25, 0.3) is 0 Å². The molecule has 29 heavy (non-hydrogen) atoms. The van der Waals surface area contributed by atoms with Gasteiger partial charge in [-0.1, -0.05) is 65.8 Å². The molecule has 2 heterocycles. The molecule has 0 saturated carbocycles. The third-order valence-corrected chi connectivity index (χ3v) is 6.55. The first-order chi connectivity index (χ1) is 13.4. The fourth-order valence-corrected chi connectivity index (χ4v) is 4.59. The van der Waals surface area contributed by atoms with Gasteiger partial charge in [0.05, 0.1) is 0 Å². The highest BCUT2D eigenvalue weighted by molar-refractivity contribution is 5.84. The Morgan fingerprint density at radius 2 is 1.24 bits per heavy atom. The van der Waals surface area contributed by atoms with E-state index in [9.17, 15) is 4.79 Å². The Morgan fingerprint density at radius 1 is 0.759 bits per heavy atom. The predicted molar refractivity (Wildman–Crippen MR) is 119 cm³/mol. The molecule has 1 atom stereocenters. The van der Waals surface area contributed by atoms with Crippen LogP contribution in [0, 0.1) is 6.92 Å². The fourth-order valence-electron chi connectivity index (χ4n) is 4.59. The summed E-state index contributed by atoms with van der Waals surface area (Å²) >= 11 is 0. The molecule has 1 unspecified atom stereocenters. The van der Waals surface area contributed by atoms with Crippen LogP contribution in [-0.2, 0) is 41.3 Å². The number of carbonyl (C=O) groups is 1. The number of benzene rings is 2. The van der Waals surface area contributed by atoms with Crippen LogP contribution in [0.15, 0.2) is 24.3 Å². The van der Waals surface area contributed by atoms with Crippen LogP contribution in [-0.4, -0.2) is 11.9 Å². The van der Waals surface area contributed by atoms with Gasteiger partial charge >= 0.3 is 0 Å². The summed E-state index contributed by atoms with van der Waals surface area (Å²) < 4.78 is 6.46. The average molecular weight is 391 g/mol. The third kappa shape index (κ3) is 3.86. The topological polar surface area (TPSA) is 26.3 Å². The van der Waals surface area contributed by atoms with Crippen LogP contribution in [0.3, 0.4) is 0 Å². The lowest BCUT2D eigenvalue weighted by Crippen LogP contribution is -2.19. The highest BCUT2D eigenvalue weighted by Crippen LogP contribution is 2.39. The first-order valence-electron chi connectivity index (χ1n) is 10.9. The lowest BCUT2D eigenvalue weighted by molar-refractivity contribution is -0.117. The Hall–Kier alpha value is -2.09. The van der Waals surface area contributed by atoms with E-state index in [1.54, 1.807) is 0 Å². The molecule has 0 radical (unpaired) electrons. The smallest absolute Gasteiger partial charge is 0.141 e. The fraction of sp³-hybridized carbons (Fsp3) is 0.519. The highest BCUT2D eigenvalue weighted by Gasteiger charge is 2.31. The zero-order valence-electron chi connectivity index (χ0n) is 19.0. The number of rotatable bonds is 0. The van der Waals surface area contributed by atoms with E-state index in [1.807, 2.05) is 0 Å². The van der Waals surface area contributed by atoms with Gasteiger partial charge in [0, 0.05) is 31.2 Å². The predicted octanol–water partition coefficient (Wildman–Crippen LogP) is 5.80. The average Bonchev–Trinajstić information content (AvgIpc) is 2.98. The summed E-state index contributed by atoms with van der Waals surface area (Å²) in [4.78, 5) is 13.1. The first kappa shape index (κ1) is 20.2. The molecular weight excluding hydrogens is 356 g/mol. The molecule has 0 N–H and O–H groups in total. The van der Waals surface area contributed by atoms with Crippen molar-refractivity contribution in [2.45, 2.75) is 91.1 Å². The molecule has 2 aromatic carbocycles. The maximum atomic E-state index is 13.1. The van der Waals surface area contributed by atoms with Gasteiger partial charge in [-0.3, -0.25) is 4.79 Å². The van der Waals surface area contributed by atoms with E-state index in [1.165, 1.54) is 33.4 Å². The van der Waals surface area contributed by atoms with Crippen molar-refractivity contribution in [3.05, 3.63) is 63.2 Å². The minimum Gasteiger partial charge on any atom is -0.489 e. The maximum Gasteiger partial charge on any atom is 0.141 e. The quantitative estimate of drug-likeness (QED) is 0.568. The lowest BCUT2D eigenvalue weighted by Gasteiger charge is -2.24. The van der Waals surface area contributed by atoms with Crippen molar-refractivity contribution in [2.75, 3.05) is 0 Å². The molecule has 2 nitrogen and oxygen atoms in total. The Morgan fingerprint density at radius 3 is 1.86 bits per heavy atom. The maximum absolute atomic E-state index is 13.1. The first-order valence-corrected chi connectivity index (χ1v) is 10.9. The van der Waals surface area contributed by atoms with Gasteiger partial charge < -0.3 is 4.74 Å². The van der Waals surface area contributed by atoms with E-state index in [-0.39, 0.29) is 22.7 Å². The van der Waals surface area contributed by atoms with Gasteiger partial charge in [0.25, 0.3) is 0 Å². The number of ketones is 1. The zero-order chi connectivity index (χ0) is 21.1. The molecule has 4 rings (SSSR count). The second-order valence-corrected chi connectivity index (χ2v) is 11.1. The number of carbonyl (C=O) groups excluding carboxylic acids is 1. The molecular formula is C27H34O2. The Labute approximate surface area is 175 Å². The van der Waals surface area contributed by atoms with Crippen LogP contribution < -0.4 is 4.74 Å². The minimum absolute atomic E-state index is 0.0600. The number of Topliss-reactive ketones (excluding diaryl/α,β-unsaturated/α-hetero) is 1. The van der Waals surface area contributed by atoms with Gasteiger partial charge in [0.2, 0.25) is 0 Å². The lowest BCUT2D eigenvalue weighted by atomic mass is 9.80. The second kappa shape index (κ2) is 6.72. The Bertz CT molecular complexity index is 983. The van der Waals surface area contributed by atoms with Crippen molar-refractivity contribution < 1.29 is 9.53 Å². The molecule has 0 fully saturated rings. The summed E-state index contributed by atoms with van der Waals surface area (Å²) in [7, 11) is 0. The molecule has 0 aromatic heterocycles. The van der Waals surface area contributed by atoms with Gasteiger partial charge in [-0.25, -0.2) is 0 Å². The van der Waals surface area contributed by atoms with Crippen molar-refractivity contribution in [3.63, 3.8) is 0 Å². The molecule has 0 saturated heterocycles. The molecule has 2 heteroatoms. The van der Waals surface area contributed by atoms with Gasteiger partial charge in [0.15, 0.2) is 0 Å². The third-order valence-electron chi connectivity index (χ3n) is 6.55. The number of hydrogen-bond donors (Lipinski definition) is 0. The normalized spacial score (nSPS) is 19.0. The van der Waals surface area contributed by atoms with Crippen molar-refractivity contribution in [1.29, 1.82) is 0 Å². The van der Waals surface area contributed by atoms with Gasteiger partial charge in [-0.2, -0.15) is 0 Å². The van der Waals surface area contributed by atoms with Crippen LogP contribution >= 0.6 is 0 Å². The number of hydrogen-bond acceptors (Lipinski definition) is 2. The largest absolute Gasteiger partial charge is 0.489 e. The van der Waals surface area contributed by atoms with E-state index >= 15 is 0 Å². The van der Waals surface area contributed by atoms with Crippen LogP contribution in [0.1, 0.15) is 80.5 Å². The van der Waals surface area contributed by atoms with Crippen molar-refractivity contribution in [3.8, 4) is 5.75 Å². The summed E-state index contributed by atoms with van der Waals surface area (Å²) in [5, 5.41) is 0. The van der Waals surface area contributed by atoms with Crippen molar-refractivity contribution in [2.24, 2.45) is 0 Å². The van der Waals surface area contributed by atoms with Crippen molar-refractivity contribution >= 4 is 5.78 Å². The van der Waals surface area contributed by atoms with Gasteiger partial charge in [0.1, 0.15) is 17.6 Å². The van der Waals surface area contributed by atoms with Gasteiger partial charge in [-0.05, 0) is 51.1 Å². The minimum atomic E-state index is 0.0600. The molecule has 0 amide bonds. The monoisotopic (exact) mass is 390 g/mol. The summed E-state index contributed by atoms with van der Waals surface area (Å²) in [6.07, 6.45) is 2.93. The number of fused-ring (bicyclic) bond motifs is 3. The van der Waals surface area contributed by atoms with E-state index in [0.29, 0.717) is 12.8 Å². The molecule has 2 aromatic rings. The van der Waals surface area contributed by atoms with Gasteiger partial charge in [-0.15, -0.1) is 0 Å². The summed E-state index contributed by atoms with van der Waals surface area (Å²) in [6.45, 7) is 15.6. The van der Waals surface area contributed by atoms with Crippen LogP contribution in [0.2, 0.25) is 0 Å². The van der Waals surface area contributed by atoms with E-state index in [4.69, 9.17) is 4.74 Å². The second-order valence-electron chi connectivity index (χ2n) is 11.1. The van der Waals surface area contributed by atoms with Crippen molar-refractivity contribution in [1.82, 2.24) is 0 Å².